The molecule has 3 N–H and O–H groups in total. The molecule has 0 aromatic heterocycles. The van der Waals surface area contributed by atoms with E-state index < -0.39 is 0 Å². The minimum absolute atomic E-state index is 0.441. The van der Waals surface area contributed by atoms with E-state index >= 15 is 0 Å². The molecule has 0 aliphatic heterocycles. The van der Waals surface area contributed by atoms with Crippen LogP contribution in [0.2, 0.25) is 0 Å². The van der Waals surface area contributed by atoms with Crippen LogP contribution in [0.25, 0.3) is 0 Å². The topological polar surface area (TPSA) is 38.0 Å². The van der Waals surface area contributed by atoms with Crippen LogP contribution in [0, 0.1) is 0 Å². The lowest BCUT2D eigenvalue weighted by molar-refractivity contribution is 0.615. The van der Waals surface area contributed by atoms with Gasteiger partial charge in [-0.15, -0.1) is 11.8 Å². The van der Waals surface area contributed by atoms with E-state index in [0.717, 1.165) is 17.0 Å². The van der Waals surface area contributed by atoms with Crippen molar-refractivity contribution in [3.63, 3.8) is 0 Å². The number of nitrogens with two attached hydrogens (primary N) is 1. The molecule has 0 aliphatic rings. The Morgan fingerprint density at radius 3 is 2.70 bits per heavy atom. The summed E-state index contributed by atoms with van der Waals surface area (Å²) in [5, 5.41) is 3.57. The Labute approximate surface area is 132 Å². The van der Waals surface area contributed by atoms with Crippen LogP contribution >= 0.6 is 24.0 Å². The standard InChI is InChI=1S/C16H26N2S2/c1-4-6-7-9-12(3)18-13-10-8-11-14(20-5-2)15(13)16(17)19/h8,10-12,18H,4-7,9H2,1-3H3,(H2,17,19). The third kappa shape index (κ3) is 5.33. The smallest absolute Gasteiger partial charge is 0.107 e. The maximum atomic E-state index is 5.92. The van der Waals surface area contributed by atoms with Crippen LogP contribution in [0.4, 0.5) is 5.69 Å². The summed E-state index contributed by atoms with van der Waals surface area (Å²) >= 11 is 7.02. The molecule has 0 heterocycles. The first-order chi connectivity index (χ1) is 9.60. The lowest BCUT2D eigenvalue weighted by Crippen LogP contribution is -2.20. The molecule has 0 radical (unpaired) electrons. The summed E-state index contributed by atoms with van der Waals surface area (Å²) in [5.74, 6) is 1.02. The Bertz CT molecular complexity index is 432. The first-order valence-electron chi connectivity index (χ1n) is 7.42. The number of thiocarbonyl (C=S) groups is 1. The molecule has 0 fully saturated rings. The maximum absolute atomic E-state index is 5.92. The van der Waals surface area contributed by atoms with Gasteiger partial charge in [0, 0.05) is 22.2 Å². The van der Waals surface area contributed by atoms with E-state index in [2.05, 4.69) is 44.3 Å². The molecule has 4 heteroatoms. The highest BCUT2D eigenvalue weighted by Crippen LogP contribution is 2.29. The molecule has 1 aromatic carbocycles. The second-order valence-corrected chi connectivity index (χ2v) is 6.76. The van der Waals surface area contributed by atoms with Crippen LogP contribution in [0.5, 0.6) is 0 Å². The molecule has 2 nitrogen and oxygen atoms in total. The molecule has 0 bridgehead atoms. The van der Waals surface area contributed by atoms with E-state index in [1.165, 1.54) is 30.6 Å². The van der Waals surface area contributed by atoms with Crippen molar-refractivity contribution in [1.82, 2.24) is 0 Å². The molecular weight excluding hydrogens is 284 g/mol. The minimum atomic E-state index is 0.441. The van der Waals surface area contributed by atoms with Gasteiger partial charge in [-0.25, -0.2) is 0 Å². The van der Waals surface area contributed by atoms with Crippen molar-refractivity contribution in [1.29, 1.82) is 0 Å². The number of anilines is 1. The van der Waals surface area contributed by atoms with E-state index in [1.54, 1.807) is 11.8 Å². The molecular formula is C16H26N2S2. The number of unbranched alkanes of at least 4 members (excludes halogenated alkanes) is 2. The summed E-state index contributed by atoms with van der Waals surface area (Å²) in [6, 6.07) is 6.68. The van der Waals surface area contributed by atoms with Crippen LogP contribution in [-0.2, 0) is 0 Å². The first-order valence-corrected chi connectivity index (χ1v) is 8.81. The molecule has 1 unspecified atom stereocenters. The van der Waals surface area contributed by atoms with E-state index in [0.29, 0.717) is 11.0 Å². The van der Waals surface area contributed by atoms with Crippen LogP contribution in [0.15, 0.2) is 23.1 Å². The van der Waals surface area contributed by atoms with Gasteiger partial charge in [-0.3, -0.25) is 0 Å². The average molecular weight is 311 g/mol. The van der Waals surface area contributed by atoms with Gasteiger partial charge in [0.2, 0.25) is 0 Å². The average Bonchev–Trinajstić information content (AvgIpc) is 2.39. The number of rotatable bonds is 9. The van der Waals surface area contributed by atoms with Crippen molar-refractivity contribution in [2.45, 2.75) is 57.4 Å². The zero-order chi connectivity index (χ0) is 15.0. The molecule has 1 rings (SSSR count). The Morgan fingerprint density at radius 2 is 2.10 bits per heavy atom. The van der Waals surface area contributed by atoms with E-state index in [9.17, 15) is 0 Å². The summed E-state index contributed by atoms with van der Waals surface area (Å²) in [5.41, 5.74) is 7.99. The quantitative estimate of drug-likeness (QED) is 0.390. The van der Waals surface area contributed by atoms with Crippen molar-refractivity contribution in [3.05, 3.63) is 23.8 Å². The summed E-state index contributed by atoms with van der Waals surface area (Å²) in [4.78, 5) is 1.65. The summed E-state index contributed by atoms with van der Waals surface area (Å²) in [6.45, 7) is 6.59. The second-order valence-electron chi connectivity index (χ2n) is 5.02. The largest absolute Gasteiger partial charge is 0.389 e. The van der Waals surface area contributed by atoms with Crippen molar-refractivity contribution >= 4 is 34.7 Å². The van der Waals surface area contributed by atoms with Crippen LogP contribution < -0.4 is 11.1 Å². The highest BCUT2D eigenvalue weighted by molar-refractivity contribution is 7.99. The van der Waals surface area contributed by atoms with Gasteiger partial charge in [0.15, 0.2) is 0 Å². The highest BCUT2D eigenvalue weighted by Gasteiger charge is 2.12. The van der Waals surface area contributed by atoms with E-state index in [4.69, 9.17) is 18.0 Å². The number of benzene rings is 1. The summed E-state index contributed by atoms with van der Waals surface area (Å²) < 4.78 is 0. The lowest BCUT2D eigenvalue weighted by Gasteiger charge is -2.19. The molecule has 1 aromatic rings. The van der Waals surface area contributed by atoms with Gasteiger partial charge in [-0.05, 0) is 31.2 Å². The van der Waals surface area contributed by atoms with Gasteiger partial charge in [-0.2, -0.15) is 0 Å². The van der Waals surface area contributed by atoms with Crippen LogP contribution in [-0.4, -0.2) is 16.8 Å². The van der Waals surface area contributed by atoms with Crippen molar-refractivity contribution < 1.29 is 0 Å². The van der Waals surface area contributed by atoms with Crippen molar-refractivity contribution in [2.75, 3.05) is 11.1 Å². The molecule has 20 heavy (non-hydrogen) atoms. The third-order valence-corrected chi connectivity index (χ3v) is 4.36. The van der Waals surface area contributed by atoms with Crippen molar-refractivity contribution in [2.24, 2.45) is 5.73 Å². The molecule has 0 saturated heterocycles. The number of nitrogens with one attached hydrogen (secondary N) is 1. The van der Waals surface area contributed by atoms with Crippen molar-refractivity contribution in [3.8, 4) is 0 Å². The van der Waals surface area contributed by atoms with Gasteiger partial charge in [0.1, 0.15) is 4.99 Å². The Kier molecular flexibility index (Phi) is 8.00. The molecule has 0 spiro atoms. The third-order valence-electron chi connectivity index (χ3n) is 3.22. The SMILES string of the molecule is CCCCCC(C)Nc1cccc(SCC)c1C(N)=S. The minimum Gasteiger partial charge on any atom is -0.389 e. The second kappa shape index (κ2) is 9.24. The van der Waals surface area contributed by atoms with E-state index in [1.807, 2.05) is 0 Å². The zero-order valence-electron chi connectivity index (χ0n) is 12.7. The lowest BCUT2D eigenvalue weighted by atomic mass is 10.1. The fourth-order valence-electron chi connectivity index (χ4n) is 2.22. The molecule has 0 aliphatic carbocycles. The van der Waals surface area contributed by atoms with Gasteiger partial charge < -0.3 is 11.1 Å². The highest BCUT2D eigenvalue weighted by atomic mass is 32.2. The predicted octanol–water partition coefficient (Wildman–Crippen LogP) is 4.81. The fraction of sp³-hybridized carbons (Fsp3) is 0.562. The number of hydrogen-bond acceptors (Lipinski definition) is 3. The summed E-state index contributed by atoms with van der Waals surface area (Å²) in [7, 11) is 0. The molecule has 1 atom stereocenters. The zero-order valence-corrected chi connectivity index (χ0v) is 14.4. The van der Waals surface area contributed by atoms with Crippen LogP contribution in [0.1, 0.15) is 52.0 Å². The Morgan fingerprint density at radius 1 is 1.35 bits per heavy atom. The van der Waals surface area contributed by atoms with Crippen LogP contribution in [0.3, 0.4) is 0 Å². The first kappa shape index (κ1) is 17.3. The van der Waals surface area contributed by atoms with Gasteiger partial charge in [0.25, 0.3) is 0 Å². The van der Waals surface area contributed by atoms with Gasteiger partial charge in [-0.1, -0.05) is 51.4 Å². The number of hydrogen-bond donors (Lipinski definition) is 2. The van der Waals surface area contributed by atoms with Gasteiger partial charge >= 0.3 is 0 Å². The number of thioether (sulfide) groups is 1. The Balaban J connectivity index is 2.83. The molecule has 0 saturated carbocycles. The molecule has 0 amide bonds. The Hall–Kier alpha value is -0.740. The predicted molar refractivity (Wildman–Crippen MR) is 96.0 cm³/mol. The van der Waals surface area contributed by atoms with Gasteiger partial charge in [0.05, 0.1) is 0 Å². The molecule has 112 valence electrons. The fourth-order valence-corrected chi connectivity index (χ4v) is 3.35. The normalized spacial score (nSPS) is 12.2. The maximum Gasteiger partial charge on any atom is 0.107 e. The van der Waals surface area contributed by atoms with E-state index in [-0.39, 0.29) is 0 Å². The monoisotopic (exact) mass is 310 g/mol. The summed E-state index contributed by atoms with van der Waals surface area (Å²) in [6.07, 6.45) is 4.99.